The van der Waals surface area contributed by atoms with Gasteiger partial charge in [-0.1, -0.05) is 46.0 Å². The van der Waals surface area contributed by atoms with E-state index in [1.54, 1.807) is 0 Å². The van der Waals surface area contributed by atoms with Crippen molar-refractivity contribution in [1.82, 2.24) is 4.90 Å². The maximum Gasteiger partial charge on any atom is 0.456 e. The summed E-state index contributed by atoms with van der Waals surface area (Å²) in [4.78, 5) is 1.52. The Morgan fingerprint density at radius 2 is 1.27 bits per heavy atom. The molecular formula is C15H28F5NO. The number of aliphatic hydroxyl groups excluding tert-OH is 1. The second-order valence-electron chi connectivity index (χ2n) is 5.70. The molecule has 1 atom stereocenters. The van der Waals surface area contributed by atoms with Crippen LogP contribution in [0, 0.1) is 0 Å². The Morgan fingerprint density at radius 3 is 1.73 bits per heavy atom. The molecule has 0 radical (unpaired) electrons. The van der Waals surface area contributed by atoms with Gasteiger partial charge in [-0.25, -0.2) is 0 Å². The van der Waals surface area contributed by atoms with E-state index < -0.39 is 24.7 Å². The Morgan fingerprint density at radius 1 is 0.818 bits per heavy atom. The van der Waals surface area contributed by atoms with Crippen LogP contribution in [0.4, 0.5) is 22.0 Å². The van der Waals surface area contributed by atoms with Crippen molar-refractivity contribution < 1.29 is 27.1 Å². The van der Waals surface area contributed by atoms with Gasteiger partial charge in [0.25, 0.3) is 0 Å². The number of halogens is 5. The molecule has 1 N–H and O–H groups in total. The minimum atomic E-state index is -5.72. The van der Waals surface area contributed by atoms with Gasteiger partial charge in [-0.15, -0.1) is 0 Å². The van der Waals surface area contributed by atoms with Crippen LogP contribution < -0.4 is 0 Å². The molecule has 0 aliphatic heterocycles. The molecule has 0 amide bonds. The molecule has 0 aromatic rings. The first-order chi connectivity index (χ1) is 10.2. The van der Waals surface area contributed by atoms with E-state index >= 15 is 0 Å². The average molecular weight is 333 g/mol. The minimum Gasteiger partial charge on any atom is -0.385 e. The molecule has 0 unspecified atom stereocenters. The summed E-state index contributed by atoms with van der Waals surface area (Å²) in [7, 11) is 0. The van der Waals surface area contributed by atoms with E-state index in [1.807, 2.05) is 13.8 Å². The van der Waals surface area contributed by atoms with E-state index in [-0.39, 0.29) is 0 Å². The zero-order chi connectivity index (χ0) is 17.2. The molecule has 0 fully saturated rings. The summed E-state index contributed by atoms with van der Waals surface area (Å²) in [6, 6.07) is 0. The predicted octanol–water partition coefficient (Wildman–Crippen LogP) is 4.62. The van der Waals surface area contributed by atoms with Crippen LogP contribution >= 0.6 is 0 Å². The first kappa shape index (κ1) is 21.6. The van der Waals surface area contributed by atoms with Crippen LogP contribution in [0.5, 0.6) is 0 Å². The molecule has 0 rings (SSSR count). The van der Waals surface area contributed by atoms with Crippen molar-refractivity contribution in [3.05, 3.63) is 0 Å². The van der Waals surface area contributed by atoms with Crippen molar-refractivity contribution in [3.8, 4) is 0 Å². The molecule has 0 saturated heterocycles. The average Bonchev–Trinajstić information content (AvgIpc) is 2.42. The van der Waals surface area contributed by atoms with Gasteiger partial charge in [-0.3, -0.25) is 0 Å². The van der Waals surface area contributed by atoms with E-state index in [0.717, 1.165) is 44.9 Å². The SMILES string of the molecule is CCCCCCN(CCCCC)C[C@@H](O)C(F)(F)C(F)(F)F. The Hall–Kier alpha value is -0.430. The van der Waals surface area contributed by atoms with Crippen molar-refractivity contribution in [3.63, 3.8) is 0 Å². The van der Waals surface area contributed by atoms with Gasteiger partial charge in [0.2, 0.25) is 0 Å². The third-order valence-electron chi connectivity index (χ3n) is 3.63. The lowest BCUT2D eigenvalue weighted by Gasteiger charge is -2.30. The normalized spacial score (nSPS) is 14.6. The topological polar surface area (TPSA) is 23.5 Å². The summed E-state index contributed by atoms with van der Waals surface area (Å²) in [6.45, 7) is 4.24. The summed E-state index contributed by atoms with van der Waals surface area (Å²) < 4.78 is 63.0. The van der Waals surface area contributed by atoms with Gasteiger partial charge in [0.15, 0.2) is 0 Å². The van der Waals surface area contributed by atoms with Gasteiger partial charge < -0.3 is 10.0 Å². The van der Waals surface area contributed by atoms with Crippen molar-refractivity contribution in [1.29, 1.82) is 0 Å². The summed E-state index contributed by atoms with van der Waals surface area (Å²) in [5.41, 5.74) is 0. The molecular weight excluding hydrogens is 305 g/mol. The highest BCUT2D eigenvalue weighted by atomic mass is 19.4. The number of rotatable bonds is 12. The first-order valence-corrected chi connectivity index (χ1v) is 8.01. The third-order valence-corrected chi connectivity index (χ3v) is 3.63. The van der Waals surface area contributed by atoms with Gasteiger partial charge in [-0.05, 0) is 25.9 Å². The van der Waals surface area contributed by atoms with E-state index in [0.29, 0.717) is 13.1 Å². The lowest BCUT2D eigenvalue weighted by molar-refractivity contribution is -0.314. The highest BCUT2D eigenvalue weighted by molar-refractivity contribution is 4.86. The van der Waals surface area contributed by atoms with Crippen LogP contribution in [0.1, 0.15) is 58.8 Å². The fourth-order valence-corrected chi connectivity index (χ4v) is 2.19. The minimum absolute atomic E-state index is 0.435. The van der Waals surface area contributed by atoms with Gasteiger partial charge in [-0.2, -0.15) is 22.0 Å². The molecule has 134 valence electrons. The van der Waals surface area contributed by atoms with E-state index in [2.05, 4.69) is 0 Å². The lowest BCUT2D eigenvalue weighted by Crippen LogP contribution is -2.52. The van der Waals surface area contributed by atoms with Crippen molar-refractivity contribution >= 4 is 0 Å². The predicted molar refractivity (Wildman–Crippen MR) is 77.1 cm³/mol. The molecule has 0 aromatic carbocycles. The Balaban J connectivity index is 4.52. The molecule has 0 heterocycles. The summed E-state index contributed by atoms with van der Waals surface area (Å²) in [6.07, 6.45) is -2.22. The molecule has 0 spiro atoms. The van der Waals surface area contributed by atoms with Crippen LogP contribution in [0.15, 0.2) is 0 Å². The zero-order valence-corrected chi connectivity index (χ0v) is 13.4. The van der Waals surface area contributed by atoms with Crippen molar-refractivity contribution in [2.75, 3.05) is 19.6 Å². The molecule has 22 heavy (non-hydrogen) atoms. The van der Waals surface area contributed by atoms with E-state index in [4.69, 9.17) is 0 Å². The molecule has 2 nitrogen and oxygen atoms in total. The van der Waals surface area contributed by atoms with Gasteiger partial charge in [0.05, 0.1) is 0 Å². The fourth-order valence-electron chi connectivity index (χ4n) is 2.19. The van der Waals surface area contributed by atoms with Gasteiger partial charge in [0.1, 0.15) is 6.10 Å². The summed E-state index contributed by atoms with van der Waals surface area (Å²) in [5, 5.41) is 9.33. The molecule has 0 aromatic heterocycles. The summed E-state index contributed by atoms with van der Waals surface area (Å²) in [5.74, 6) is -5.07. The number of hydrogen-bond donors (Lipinski definition) is 1. The maximum absolute atomic E-state index is 13.1. The second-order valence-corrected chi connectivity index (χ2v) is 5.70. The largest absolute Gasteiger partial charge is 0.456 e. The number of hydrogen-bond acceptors (Lipinski definition) is 2. The van der Waals surface area contributed by atoms with E-state index in [9.17, 15) is 27.1 Å². The number of nitrogens with zero attached hydrogens (tertiary/aromatic N) is 1. The number of unbranched alkanes of at least 4 members (excludes halogenated alkanes) is 5. The quantitative estimate of drug-likeness (QED) is 0.416. The van der Waals surface area contributed by atoms with E-state index in [1.165, 1.54) is 4.90 Å². The van der Waals surface area contributed by atoms with Crippen molar-refractivity contribution in [2.24, 2.45) is 0 Å². The third kappa shape index (κ3) is 7.72. The highest BCUT2D eigenvalue weighted by Crippen LogP contribution is 2.38. The molecule has 0 aliphatic rings. The van der Waals surface area contributed by atoms with Crippen molar-refractivity contribution in [2.45, 2.75) is 77.0 Å². The summed E-state index contributed by atoms with van der Waals surface area (Å²) >= 11 is 0. The standard InChI is InChI=1S/C15H28F5NO/c1-3-5-7-9-11-21(10-8-6-4-2)12-13(22)14(16,17)15(18,19)20/h13,22H,3-12H2,1-2H3/t13-/m1/s1. The molecule has 0 bridgehead atoms. The van der Waals surface area contributed by atoms with Crippen LogP contribution in [-0.2, 0) is 0 Å². The van der Waals surface area contributed by atoms with Gasteiger partial charge in [0, 0.05) is 6.54 Å². The van der Waals surface area contributed by atoms with Crippen LogP contribution in [0.3, 0.4) is 0 Å². The Bertz CT molecular complexity index is 284. The highest BCUT2D eigenvalue weighted by Gasteiger charge is 2.62. The van der Waals surface area contributed by atoms with Crippen LogP contribution in [0.2, 0.25) is 0 Å². The number of aliphatic hydroxyl groups is 1. The molecule has 0 aliphatic carbocycles. The van der Waals surface area contributed by atoms with Crippen LogP contribution in [0.25, 0.3) is 0 Å². The van der Waals surface area contributed by atoms with Crippen LogP contribution in [-0.4, -0.2) is 47.8 Å². The molecule has 7 heteroatoms. The smallest absolute Gasteiger partial charge is 0.385 e. The number of alkyl halides is 5. The second kappa shape index (κ2) is 10.4. The fraction of sp³-hybridized carbons (Fsp3) is 1.00. The zero-order valence-electron chi connectivity index (χ0n) is 13.4. The van der Waals surface area contributed by atoms with Gasteiger partial charge >= 0.3 is 12.1 Å². The lowest BCUT2D eigenvalue weighted by atomic mass is 10.1. The Kier molecular flexibility index (Phi) is 10.2. The first-order valence-electron chi connectivity index (χ1n) is 8.01. The maximum atomic E-state index is 13.1. The Labute approximate surface area is 129 Å². The monoisotopic (exact) mass is 333 g/mol. The molecule has 0 saturated carbocycles.